The lowest BCUT2D eigenvalue weighted by Crippen LogP contribution is -2.05. The van der Waals surface area contributed by atoms with Gasteiger partial charge in [-0.3, -0.25) is 0 Å². The lowest BCUT2D eigenvalue weighted by molar-refractivity contribution is 0.817. The highest BCUT2D eigenvalue weighted by Gasteiger charge is 2.08. The van der Waals surface area contributed by atoms with Gasteiger partial charge in [0, 0.05) is 16.0 Å². The highest BCUT2D eigenvalue weighted by atomic mass is 35.5. The molecule has 6 heteroatoms. The van der Waals surface area contributed by atoms with E-state index in [2.05, 4.69) is 9.36 Å². The standard InChI is InChI=1S/C11H12ClN3S2/c1-6(13)9-4-3-8(5-10(9)12)16-11-14-7(2)15-17-11/h3-6H,13H2,1-2H3. The molecule has 0 radical (unpaired) electrons. The zero-order chi connectivity index (χ0) is 12.4. The Kier molecular flexibility index (Phi) is 4.04. The van der Waals surface area contributed by atoms with Crippen LogP contribution in [0.25, 0.3) is 0 Å². The molecule has 1 aromatic carbocycles. The third-order valence-electron chi connectivity index (χ3n) is 2.18. The molecule has 0 aliphatic heterocycles. The van der Waals surface area contributed by atoms with Gasteiger partial charge in [0.1, 0.15) is 5.82 Å². The van der Waals surface area contributed by atoms with Gasteiger partial charge in [-0.2, -0.15) is 4.37 Å². The maximum Gasteiger partial charge on any atom is 0.174 e. The predicted molar refractivity (Wildman–Crippen MR) is 72.8 cm³/mol. The molecule has 3 nitrogen and oxygen atoms in total. The SMILES string of the molecule is Cc1nsc(Sc2ccc(C(C)N)c(Cl)c2)n1. The number of nitrogens with two attached hydrogens (primary N) is 1. The van der Waals surface area contributed by atoms with E-state index in [4.69, 9.17) is 17.3 Å². The largest absolute Gasteiger partial charge is 0.324 e. The third-order valence-corrected chi connectivity index (χ3v) is 4.34. The van der Waals surface area contributed by atoms with Crippen molar-refractivity contribution in [2.45, 2.75) is 29.1 Å². The molecule has 0 saturated carbocycles. The molecule has 1 atom stereocenters. The number of halogens is 1. The van der Waals surface area contributed by atoms with Crippen LogP contribution in [-0.4, -0.2) is 9.36 Å². The van der Waals surface area contributed by atoms with Crippen LogP contribution in [0.4, 0.5) is 0 Å². The van der Waals surface area contributed by atoms with Crippen LogP contribution >= 0.6 is 34.9 Å². The second-order valence-electron chi connectivity index (χ2n) is 3.68. The average Bonchev–Trinajstić information content (AvgIpc) is 2.63. The van der Waals surface area contributed by atoms with Crippen molar-refractivity contribution in [2.75, 3.05) is 0 Å². The van der Waals surface area contributed by atoms with E-state index in [0.29, 0.717) is 5.02 Å². The molecule has 1 heterocycles. The fourth-order valence-corrected chi connectivity index (χ4v) is 3.44. The first-order chi connectivity index (χ1) is 8.06. The van der Waals surface area contributed by atoms with Gasteiger partial charge in [-0.15, -0.1) is 0 Å². The molecule has 17 heavy (non-hydrogen) atoms. The first-order valence-corrected chi connectivity index (χ1v) is 7.06. The molecule has 1 unspecified atom stereocenters. The summed E-state index contributed by atoms with van der Waals surface area (Å²) in [4.78, 5) is 5.35. The van der Waals surface area contributed by atoms with Crippen LogP contribution < -0.4 is 5.73 Å². The van der Waals surface area contributed by atoms with Gasteiger partial charge in [-0.25, -0.2) is 4.98 Å². The Labute approximate surface area is 114 Å². The maximum absolute atomic E-state index is 6.17. The smallest absolute Gasteiger partial charge is 0.174 e. The topological polar surface area (TPSA) is 51.8 Å². The van der Waals surface area contributed by atoms with Crippen LogP contribution in [0.5, 0.6) is 0 Å². The molecule has 2 aromatic rings. The normalized spacial score (nSPS) is 12.7. The van der Waals surface area contributed by atoms with Gasteiger partial charge < -0.3 is 5.73 Å². The summed E-state index contributed by atoms with van der Waals surface area (Å²) in [5, 5.41) is 0.700. The molecule has 90 valence electrons. The Bertz CT molecular complexity index is 525. The average molecular weight is 286 g/mol. The molecule has 2 rings (SSSR count). The molecular formula is C11H12ClN3S2. The van der Waals surface area contributed by atoms with Crippen molar-refractivity contribution >= 4 is 34.9 Å². The predicted octanol–water partition coefficient (Wildman–Crippen LogP) is 3.67. The number of rotatable bonds is 3. The number of hydrogen-bond donors (Lipinski definition) is 1. The minimum absolute atomic E-state index is 0.0506. The number of nitrogens with zero attached hydrogens (tertiary/aromatic N) is 2. The van der Waals surface area contributed by atoms with Gasteiger partial charge in [-0.05, 0) is 43.1 Å². The molecule has 1 aromatic heterocycles. The highest BCUT2D eigenvalue weighted by Crippen LogP contribution is 2.32. The van der Waals surface area contributed by atoms with Gasteiger partial charge in [0.2, 0.25) is 0 Å². The molecule has 0 fully saturated rings. The van der Waals surface area contributed by atoms with Crippen molar-refractivity contribution in [3.63, 3.8) is 0 Å². The van der Waals surface area contributed by atoms with Gasteiger partial charge >= 0.3 is 0 Å². The van der Waals surface area contributed by atoms with Crippen molar-refractivity contribution in [1.29, 1.82) is 0 Å². The molecule has 0 saturated heterocycles. The number of hydrogen-bond acceptors (Lipinski definition) is 5. The summed E-state index contributed by atoms with van der Waals surface area (Å²) in [6, 6.07) is 5.84. The van der Waals surface area contributed by atoms with E-state index in [9.17, 15) is 0 Å². The Balaban J connectivity index is 2.20. The first kappa shape index (κ1) is 12.8. The van der Waals surface area contributed by atoms with Gasteiger partial charge in [0.15, 0.2) is 4.34 Å². The Morgan fingerprint density at radius 1 is 1.47 bits per heavy atom. The summed E-state index contributed by atoms with van der Waals surface area (Å²) < 4.78 is 5.06. The number of aryl methyl sites for hydroxylation is 1. The molecule has 0 bridgehead atoms. The fourth-order valence-electron chi connectivity index (χ4n) is 1.36. The maximum atomic E-state index is 6.17. The van der Waals surface area contributed by atoms with Crippen molar-refractivity contribution in [2.24, 2.45) is 5.73 Å². The summed E-state index contributed by atoms with van der Waals surface area (Å²) >= 11 is 9.13. The van der Waals surface area contributed by atoms with Crippen LogP contribution in [0.1, 0.15) is 24.4 Å². The van der Waals surface area contributed by atoms with Crippen LogP contribution in [0, 0.1) is 6.92 Å². The Morgan fingerprint density at radius 3 is 2.76 bits per heavy atom. The molecule has 0 amide bonds. The van der Waals surface area contributed by atoms with E-state index in [-0.39, 0.29) is 6.04 Å². The molecule has 2 N–H and O–H groups in total. The van der Waals surface area contributed by atoms with E-state index in [1.807, 2.05) is 32.0 Å². The Morgan fingerprint density at radius 2 is 2.24 bits per heavy atom. The number of aromatic nitrogens is 2. The van der Waals surface area contributed by atoms with Crippen LogP contribution in [0.2, 0.25) is 5.02 Å². The minimum atomic E-state index is -0.0506. The highest BCUT2D eigenvalue weighted by molar-refractivity contribution is 8.01. The molecule has 0 spiro atoms. The lowest BCUT2D eigenvalue weighted by atomic mass is 10.1. The zero-order valence-corrected chi connectivity index (χ0v) is 11.9. The van der Waals surface area contributed by atoms with Crippen LogP contribution in [0.15, 0.2) is 27.4 Å². The summed E-state index contributed by atoms with van der Waals surface area (Å²) in [5.41, 5.74) is 6.77. The summed E-state index contributed by atoms with van der Waals surface area (Å²) in [7, 11) is 0. The van der Waals surface area contributed by atoms with E-state index in [0.717, 1.165) is 20.6 Å². The number of benzene rings is 1. The third kappa shape index (κ3) is 3.19. The van der Waals surface area contributed by atoms with Crippen molar-refractivity contribution in [1.82, 2.24) is 9.36 Å². The van der Waals surface area contributed by atoms with Crippen molar-refractivity contribution < 1.29 is 0 Å². The molecule has 0 aliphatic rings. The molecule has 0 aliphatic carbocycles. The van der Waals surface area contributed by atoms with Crippen molar-refractivity contribution in [3.05, 3.63) is 34.6 Å². The van der Waals surface area contributed by atoms with Crippen LogP contribution in [0.3, 0.4) is 0 Å². The summed E-state index contributed by atoms with van der Waals surface area (Å²) in [6.45, 7) is 3.80. The van der Waals surface area contributed by atoms with Crippen LogP contribution in [-0.2, 0) is 0 Å². The Hall–Kier alpha value is -0.620. The van der Waals surface area contributed by atoms with E-state index < -0.39 is 0 Å². The van der Waals surface area contributed by atoms with E-state index >= 15 is 0 Å². The van der Waals surface area contributed by atoms with Gasteiger partial charge in [0.25, 0.3) is 0 Å². The summed E-state index contributed by atoms with van der Waals surface area (Å²) in [6.07, 6.45) is 0. The van der Waals surface area contributed by atoms with Crippen molar-refractivity contribution in [3.8, 4) is 0 Å². The van der Waals surface area contributed by atoms with E-state index in [1.165, 1.54) is 11.5 Å². The molecular weight excluding hydrogens is 274 g/mol. The second-order valence-corrected chi connectivity index (χ2v) is 6.16. The van der Waals surface area contributed by atoms with Gasteiger partial charge in [0.05, 0.1) is 0 Å². The second kappa shape index (κ2) is 5.35. The summed E-state index contributed by atoms with van der Waals surface area (Å²) in [5.74, 6) is 0.802. The van der Waals surface area contributed by atoms with Gasteiger partial charge in [-0.1, -0.05) is 29.4 Å². The lowest BCUT2D eigenvalue weighted by Gasteiger charge is -2.08. The quantitative estimate of drug-likeness (QED) is 0.935. The fraction of sp³-hybridized carbons (Fsp3) is 0.273. The minimum Gasteiger partial charge on any atom is -0.324 e. The monoisotopic (exact) mass is 285 g/mol. The first-order valence-electron chi connectivity index (χ1n) is 5.09. The zero-order valence-electron chi connectivity index (χ0n) is 9.48. The van der Waals surface area contributed by atoms with E-state index in [1.54, 1.807) is 11.8 Å².